The largest absolute Gasteiger partial charge is 0.348 e. The van der Waals surface area contributed by atoms with Crippen molar-refractivity contribution in [2.24, 2.45) is 0 Å². The van der Waals surface area contributed by atoms with E-state index >= 15 is 0 Å². The molecule has 3 nitrogen and oxygen atoms in total. The predicted molar refractivity (Wildman–Crippen MR) is 114 cm³/mol. The molecule has 0 saturated carbocycles. The molecule has 1 aliphatic heterocycles. The SMILES string of the molecule is O=C(NC1CCN(Cc2ccccc2)C1)c1ccccc1-c1ccc(Cl)cc1. The fraction of sp³-hybridized carbons (Fsp3) is 0.208. The molecule has 1 unspecified atom stereocenters. The number of nitrogens with one attached hydrogen (secondary N) is 1. The molecular weight excluding hydrogens is 368 g/mol. The van der Waals surface area contributed by atoms with Gasteiger partial charge in [-0.05, 0) is 41.3 Å². The van der Waals surface area contributed by atoms with Gasteiger partial charge in [0.25, 0.3) is 5.91 Å². The van der Waals surface area contributed by atoms with Gasteiger partial charge in [-0.2, -0.15) is 0 Å². The van der Waals surface area contributed by atoms with Crippen LogP contribution in [0.5, 0.6) is 0 Å². The number of carbonyl (C=O) groups excluding carboxylic acids is 1. The van der Waals surface area contributed by atoms with Gasteiger partial charge in [0, 0.05) is 36.3 Å². The van der Waals surface area contributed by atoms with Crippen molar-refractivity contribution < 1.29 is 4.79 Å². The lowest BCUT2D eigenvalue weighted by molar-refractivity contribution is 0.0938. The number of halogens is 1. The van der Waals surface area contributed by atoms with E-state index in [2.05, 4.69) is 34.5 Å². The summed E-state index contributed by atoms with van der Waals surface area (Å²) in [5, 5.41) is 3.92. The molecule has 1 N–H and O–H groups in total. The third-order valence-electron chi connectivity index (χ3n) is 5.18. The molecule has 1 atom stereocenters. The summed E-state index contributed by atoms with van der Waals surface area (Å²) in [6.07, 6.45) is 0.974. The van der Waals surface area contributed by atoms with E-state index in [0.29, 0.717) is 10.6 Å². The van der Waals surface area contributed by atoms with E-state index in [1.807, 2.05) is 54.6 Å². The molecular formula is C24H23ClN2O. The number of hydrogen-bond donors (Lipinski definition) is 1. The maximum Gasteiger partial charge on any atom is 0.252 e. The van der Waals surface area contributed by atoms with Crippen molar-refractivity contribution >= 4 is 17.5 Å². The van der Waals surface area contributed by atoms with Crippen LogP contribution < -0.4 is 5.32 Å². The standard InChI is InChI=1S/C24H23ClN2O/c25-20-12-10-19(11-13-20)22-8-4-5-9-23(22)24(28)26-21-14-15-27(17-21)16-18-6-2-1-3-7-18/h1-13,21H,14-17H2,(H,26,28). The van der Waals surface area contributed by atoms with Crippen LogP contribution in [0.15, 0.2) is 78.9 Å². The molecule has 1 heterocycles. The minimum absolute atomic E-state index is 0.0166. The maximum atomic E-state index is 13.0. The van der Waals surface area contributed by atoms with Crippen molar-refractivity contribution in [1.82, 2.24) is 10.2 Å². The van der Waals surface area contributed by atoms with E-state index in [9.17, 15) is 4.79 Å². The summed E-state index contributed by atoms with van der Waals surface area (Å²) in [5.41, 5.74) is 3.93. The summed E-state index contributed by atoms with van der Waals surface area (Å²) >= 11 is 6.00. The third-order valence-corrected chi connectivity index (χ3v) is 5.44. The van der Waals surface area contributed by atoms with Crippen LogP contribution in [-0.4, -0.2) is 29.9 Å². The highest BCUT2D eigenvalue weighted by Crippen LogP contribution is 2.25. The second-order valence-corrected chi connectivity index (χ2v) is 7.67. The Morgan fingerprint density at radius 3 is 2.46 bits per heavy atom. The molecule has 1 fully saturated rings. The molecule has 3 aromatic rings. The summed E-state index contributed by atoms with van der Waals surface area (Å²) in [5.74, 6) is -0.0166. The van der Waals surface area contributed by atoms with Gasteiger partial charge in [0.05, 0.1) is 0 Å². The number of benzene rings is 3. The fourth-order valence-electron chi connectivity index (χ4n) is 3.76. The maximum absolute atomic E-state index is 13.0. The second-order valence-electron chi connectivity index (χ2n) is 7.23. The van der Waals surface area contributed by atoms with Crippen molar-refractivity contribution in [3.63, 3.8) is 0 Å². The highest BCUT2D eigenvalue weighted by Gasteiger charge is 2.25. The van der Waals surface area contributed by atoms with Gasteiger partial charge < -0.3 is 5.32 Å². The Bertz CT molecular complexity index is 940. The Hall–Kier alpha value is -2.62. The van der Waals surface area contributed by atoms with Crippen molar-refractivity contribution in [3.8, 4) is 11.1 Å². The summed E-state index contributed by atoms with van der Waals surface area (Å²) in [4.78, 5) is 15.4. The van der Waals surface area contributed by atoms with Crippen LogP contribution in [0.2, 0.25) is 5.02 Å². The van der Waals surface area contributed by atoms with E-state index in [-0.39, 0.29) is 11.9 Å². The Morgan fingerprint density at radius 1 is 0.964 bits per heavy atom. The highest BCUT2D eigenvalue weighted by atomic mass is 35.5. The van der Waals surface area contributed by atoms with Gasteiger partial charge in [-0.25, -0.2) is 0 Å². The average Bonchev–Trinajstić information content (AvgIpc) is 3.16. The van der Waals surface area contributed by atoms with Gasteiger partial charge in [0.15, 0.2) is 0 Å². The Labute approximate surface area is 171 Å². The second kappa shape index (κ2) is 8.59. The number of likely N-dealkylation sites (tertiary alicyclic amines) is 1. The van der Waals surface area contributed by atoms with E-state index in [0.717, 1.165) is 37.2 Å². The molecule has 1 aliphatic rings. The predicted octanol–water partition coefficient (Wildman–Crippen LogP) is 5.01. The monoisotopic (exact) mass is 390 g/mol. The first-order valence-electron chi connectivity index (χ1n) is 9.61. The lowest BCUT2D eigenvalue weighted by Crippen LogP contribution is -2.37. The Kier molecular flexibility index (Phi) is 5.75. The molecule has 0 spiro atoms. The van der Waals surface area contributed by atoms with Crippen LogP contribution in [0.4, 0.5) is 0 Å². The van der Waals surface area contributed by atoms with Gasteiger partial charge >= 0.3 is 0 Å². The molecule has 4 rings (SSSR count). The zero-order valence-corrected chi connectivity index (χ0v) is 16.4. The summed E-state index contributed by atoms with van der Waals surface area (Å²) in [6.45, 7) is 2.80. The van der Waals surface area contributed by atoms with E-state index in [1.165, 1.54) is 5.56 Å². The average molecular weight is 391 g/mol. The lowest BCUT2D eigenvalue weighted by atomic mass is 9.99. The van der Waals surface area contributed by atoms with Gasteiger partial charge in [-0.3, -0.25) is 9.69 Å². The van der Waals surface area contributed by atoms with Crippen LogP contribution in [0.1, 0.15) is 22.3 Å². The highest BCUT2D eigenvalue weighted by molar-refractivity contribution is 6.30. The van der Waals surface area contributed by atoms with E-state index < -0.39 is 0 Å². The van der Waals surface area contributed by atoms with Crippen molar-refractivity contribution in [2.75, 3.05) is 13.1 Å². The molecule has 1 saturated heterocycles. The zero-order chi connectivity index (χ0) is 19.3. The number of amides is 1. The summed E-state index contributed by atoms with van der Waals surface area (Å²) in [7, 11) is 0. The molecule has 0 radical (unpaired) electrons. The zero-order valence-electron chi connectivity index (χ0n) is 15.6. The normalized spacial score (nSPS) is 16.8. The smallest absolute Gasteiger partial charge is 0.252 e. The number of nitrogens with zero attached hydrogens (tertiary/aromatic N) is 1. The lowest BCUT2D eigenvalue weighted by Gasteiger charge is -2.17. The first-order valence-corrected chi connectivity index (χ1v) is 9.99. The first kappa shape index (κ1) is 18.7. The molecule has 0 bridgehead atoms. The molecule has 0 aliphatic carbocycles. The van der Waals surface area contributed by atoms with E-state index in [4.69, 9.17) is 11.6 Å². The van der Waals surface area contributed by atoms with Crippen LogP contribution in [0.25, 0.3) is 11.1 Å². The van der Waals surface area contributed by atoms with Gasteiger partial charge in [-0.15, -0.1) is 0 Å². The Balaban J connectivity index is 1.43. The number of rotatable bonds is 5. The fourth-order valence-corrected chi connectivity index (χ4v) is 3.89. The molecule has 0 aromatic heterocycles. The topological polar surface area (TPSA) is 32.3 Å². The van der Waals surface area contributed by atoms with Crippen molar-refractivity contribution in [1.29, 1.82) is 0 Å². The number of carbonyl (C=O) groups is 1. The minimum atomic E-state index is -0.0166. The first-order chi connectivity index (χ1) is 13.7. The quantitative estimate of drug-likeness (QED) is 0.664. The third kappa shape index (κ3) is 4.44. The van der Waals surface area contributed by atoms with Gasteiger partial charge in [-0.1, -0.05) is 72.3 Å². The van der Waals surface area contributed by atoms with Crippen LogP contribution in [0, 0.1) is 0 Å². The Morgan fingerprint density at radius 2 is 1.68 bits per heavy atom. The minimum Gasteiger partial charge on any atom is -0.348 e. The summed E-state index contributed by atoms with van der Waals surface area (Å²) < 4.78 is 0. The molecule has 1 amide bonds. The van der Waals surface area contributed by atoms with Crippen LogP contribution in [0.3, 0.4) is 0 Å². The van der Waals surface area contributed by atoms with Gasteiger partial charge in [0.2, 0.25) is 0 Å². The molecule has 4 heteroatoms. The molecule has 142 valence electrons. The van der Waals surface area contributed by atoms with Crippen LogP contribution in [-0.2, 0) is 6.54 Å². The van der Waals surface area contributed by atoms with Crippen molar-refractivity contribution in [3.05, 3.63) is 95.0 Å². The summed E-state index contributed by atoms with van der Waals surface area (Å²) in [6, 6.07) is 26.0. The number of hydrogen-bond acceptors (Lipinski definition) is 2. The van der Waals surface area contributed by atoms with Crippen LogP contribution >= 0.6 is 11.6 Å². The van der Waals surface area contributed by atoms with Crippen molar-refractivity contribution in [2.45, 2.75) is 19.0 Å². The molecule has 3 aromatic carbocycles. The van der Waals surface area contributed by atoms with Gasteiger partial charge in [0.1, 0.15) is 0 Å². The molecule has 28 heavy (non-hydrogen) atoms. The van der Waals surface area contributed by atoms with E-state index in [1.54, 1.807) is 0 Å².